The smallest absolute Gasteiger partial charge is 0.244 e. The Labute approximate surface area is 227 Å². The number of nitrogens with one attached hydrogen (secondary N) is 2. The molecule has 3 atom stereocenters. The van der Waals surface area contributed by atoms with E-state index in [1.54, 1.807) is 11.1 Å². The summed E-state index contributed by atoms with van der Waals surface area (Å²) in [7, 11) is 0. The van der Waals surface area contributed by atoms with Gasteiger partial charge in [-0.2, -0.15) is 0 Å². The Kier molecular flexibility index (Phi) is 5.39. The largest absolute Gasteiger partial charge is 0.325 e. The number of hydrogen-bond donors (Lipinski definition) is 2. The van der Waals surface area contributed by atoms with Crippen molar-refractivity contribution in [3.05, 3.63) is 89.1 Å². The summed E-state index contributed by atoms with van der Waals surface area (Å²) in [5.74, 6) is 0.409. The second-order valence-corrected chi connectivity index (χ2v) is 11.5. The fourth-order valence-electron chi connectivity index (χ4n) is 7.15. The first-order valence-corrected chi connectivity index (χ1v) is 13.7. The van der Waals surface area contributed by atoms with Crippen molar-refractivity contribution in [2.75, 3.05) is 30.3 Å². The number of amides is 3. The number of pyridine rings is 1. The summed E-state index contributed by atoms with van der Waals surface area (Å²) < 4.78 is 0. The Morgan fingerprint density at radius 2 is 1.90 bits per heavy atom. The number of carbonyl (C=O) groups is 3. The van der Waals surface area contributed by atoms with Crippen LogP contribution in [-0.2, 0) is 32.6 Å². The molecule has 2 aromatic carbocycles. The van der Waals surface area contributed by atoms with Crippen LogP contribution in [-0.4, -0.2) is 57.7 Å². The van der Waals surface area contributed by atoms with E-state index in [4.69, 9.17) is 0 Å². The summed E-state index contributed by atoms with van der Waals surface area (Å²) in [5, 5.41) is 5.97. The van der Waals surface area contributed by atoms with Gasteiger partial charge in [-0.25, -0.2) is 4.98 Å². The number of hydrogen-bond acceptors (Lipinski definition) is 5. The molecule has 1 spiro atoms. The van der Waals surface area contributed by atoms with Crippen molar-refractivity contribution in [1.29, 1.82) is 0 Å². The van der Waals surface area contributed by atoms with Gasteiger partial charge in [0.2, 0.25) is 17.7 Å². The molecule has 7 rings (SSSR count). The SMILES string of the molecule is C[C@@]12CCCN1C[C@H](c1ccccc1)N(CC(=O)Nc1ccc3c(c1)C[C@@]1(C3)C(=O)Nc3ncccc31)C2=O. The van der Waals surface area contributed by atoms with Gasteiger partial charge < -0.3 is 15.5 Å². The maximum Gasteiger partial charge on any atom is 0.244 e. The fourth-order valence-corrected chi connectivity index (χ4v) is 7.15. The van der Waals surface area contributed by atoms with Gasteiger partial charge in [-0.1, -0.05) is 42.5 Å². The molecule has 3 aliphatic heterocycles. The molecule has 1 aliphatic carbocycles. The van der Waals surface area contributed by atoms with E-state index in [-0.39, 0.29) is 30.3 Å². The lowest BCUT2D eigenvalue weighted by Crippen LogP contribution is -2.63. The van der Waals surface area contributed by atoms with E-state index < -0.39 is 11.0 Å². The molecule has 3 aromatic rings. The standard InChI is InChI=1S/C31H31N5O3/c1-30-12-6-14-35(30)18-25(20-7-3-2-4-8-20)36(29(30)39)19-26(37)33-23-11-10-21-16-31(17-22(21)15-23)24-9-5-13-32-27(24)34-28(31)38/h2-5,7-11,13,15,25H,6,12,14,16-19H2,1H3,(H,33,37)(H,32,34,38)/t25-,30+,31-/m1/s1. The minimum Gasteiger partial charge on any atom is -0.325 e. The first-order chi connectivity index (χ1) is 18.9. The quantitative estimate of drug-likeness (QED) is 0.549. The van der Waals surface area contributed by atoms with E-state index in [0.717, 1.165) is 48.2 Å². The van der Waals surface area contributed by atoms with Crippen molar-refractivity contribution in [1.82, 2.24) is 14.8 Å². The van der Waals surface area contributed by atoms with E-state index in [2.05, 4.69) is 20.5 Å². The first-order valence-electron chi connectivity index (χ1n) is 13.7. The third-order valence-corrected chi connectivity index (χ3v) is 9.24. The molecule has 2 fully saturated rings. The van der Waals surface area contributed by atoms with Crippen LogP contribution in [0.5, 0.6) is 0 Å². The van der Waals surface area contributed by atoms with Gasteiger partial charge in [-0.15, -0.1) is 0 Å². The number of carbonyl (C=O) groups excluding carboxylic acids is 3. The van der Waals surface area contributed by atoms with Gasteiger partial charge in [0.1, 0.15) is 12.4 Å². The number of rotatable bonds is 4. The second kappa shape index (κ2) is 8.74. The lowest BCUT2D eigenvalue weighted by atomic mass is 9.79. The molecule has 8 heteroatoms. The van der Waals surface area contributed by atoms with Crippen LogP contribution in [0.4, 0.5) is 11.5 Å². The maximum absolute atomic E-state index is 13.8. The van der Waals surface area contributed by atoms with Gasteiger partial charge in [0, 0.05) is 24.0 Å². The molecule has 2 N–H and O–H groups in total. The minimum absolute atomic E-state index is 0.00963. The van der Waals surface area contributed by atoms with E-state index in [1.807, 2.05) is 67.6 Å². The zero-order valence-corrected chi connectivity index (χ0v) is 21.9. The lowest BCUT2D eigenvalue weighted by molar-refractivity contribution is -0.154. The average molecular weight is 522 g/mol. The van der Waals surface area contributed by atoms with Gasteiger partial charge >= 0.3 is 0 Å². The summed E-state index contributed by atoms with van der Waals surface area (Å²) >= 11 is 0. The van der Waals surface area contributed by atoms with Gasteiger partial charge in [0.15, 0.2) is 0 Å². The molecule has 1 aromatic heterocycles. The van der Waals surface area contributed by atoms with Crippen molar-refractivity contribution in [3.63, 3.8) is 0 Å². The van der Waals surface area contributed by atoms with Crippen LogP contribution in [0.3, 0.4) is 0 Å². The Balaban J connectivity index is 1.11. The van der Waals surface area contributed by atoms with Crippen molar-refractivity contribution in [3.8, 4) is 0 Å². The fraction of sp³-hybridized carbons (Fsp3) is 0.355. The van der Waals surface area contributed by atoms with Crippen molar-refractivity contribution in [2.24, 2.45) is 0 Å². The molecule has 39 heavy (non-hydrogen) atoms. The summed E-state index contributed by atoms with van der Waals surface area (Å²) in [6.45, 7) is 3.63. The first kappa shape index (κ1) is 24.0. The van der Waals surface area contributed by atoms with Crippen LogP contribution in [0.1, 0.15) is 48.1 Å². The predicted molar refractivity (Wildman–Crippen MR) is 147 cm³/mol. The third kappa shape index (κ3) is 3.69. The van der Waals surface area contributed by atoms with Gasteiger partial charge in [0.25, 0.3) is 0 Å². The molecule has 0 unspecified atom stereocenters. The Bertz CT molecular complexity index is 1510. The van der Waals surface area contributed by atoms with Gasteiger partial charge in [-0.3, -0.25) is 19.3 Å². The molecule has 8 nitrogen and oxygen atoms in total. The van der Waals surface area contributed by atoms with Crippen molar-refractivity contribution in [2.45, 2.75) is 49.6 Å². The van der Waals surface area contributed by atoms with Crippen LogP contribution >= 0.6 is 0 Å². The number of nitrogens with zero attached hydrogens (tertiary/aromatic N) is 3. The van der Waals surface area contributed by atoms with Crippen LogP contribution < -0.4 is 10.6 Å². The number of piperazine rings is 1. The molecule has 2 saturated heterocycles. The topological polar surface area (TPSA) is 94.6 Å². The van der Waals surface area contributed by atoms with E-state index in [0.29, 0.717) is 24.3 Å². The Morgan fingerprint density at radius 3 is 2.74 bits per heavy atom. The highest BCUT2D eigenvalue weighted by atomic mass is 16.2. The normalized spacial score (nSPS) is 27.3. The Hall–Kier alpha value is -4.04. The summed E-state index contributed by atoms with van der Waals surface area (Å²) in [6, 6.07) is 19.5. The molecule has 0 radical (unpaired) electrons. The van der Waals surface area contributed by atoms with E-state index in [9.17, 15) is 14.4 Å². The van der Waals surface area contributed by atoms with Crippen LogP contribution in [0, 0.1) is 0 Å². The molecule has 3 amide bonds. The highest BCUT2D eigenvalue weighted by Gasteiger charge is 2.52. The predicted octanol–water partition coefficient (Wildman–Crippen LogP) is 3.45. The third-order valence-electron chi connectivity index (χ3n) is 9.24. The summed E-state index contributed by atoms with van der Waals surface area (Å²) in [6.07, 6.45) is 4.65. The number of fused-ring (bicyclic) bond motifs is 4. The molecular formula is C31H31N5O3. The monoisotopic (exact) mass is 521 g/mol. The highest BCUT2D eigenvalue weighted by molar-refractivity contribution is 6.06. The molecular weight excluding hydrogens is 490 g/mol. The van der Waals surface area contributed by atoms with Gasteiger partial charge in [0.05, 0.1) is 17.0 Å². The van der Waals surface area contributed by atoms with Crippen LogP contribution in [0.25, 0.3) is 0 Å². The molecule has 0 saturated carbocycles. The second-order valence-electron chi connectivity index (χ2n) is 11.5. The zero-order valence-electron chi connectivity index (χ0n) is 21.9. The van der Waals surface area contributed by atoms with Crippen LogP contribution in [0.15, 0.2) is 66.9 Å². The lowest BCUT2D eigenvalue weighted by Gasteiger charge is -2.48. The van der Waals surface area contributed by atoms with Crippen molar-refractivity contribution < 1.29 is 14.4 Å². The number of benzene rings is 2. The Morgan fingerprint density at radius 1 is 1.08 bits per heavy atom. The summed E-state index contributed by atoms with van der Waals surface area (Å²) in [5.41, 5.74) is 3.59. The van der Waals surface area contributed by atoms with E-state index >= 15 is 0 Å². The van der Waals surface area contributed by atoms with E-state index in [1.165, 1.54) is 0 Å². The highest BCUT2D eigenvalue weighted by Crippen LogP contribution is 2.47. The molecule has 198 valence electrons. The average Bonchev–Trinajstić information content (AvgIpc) is 3.60. The molecule has 4 heterocycles. The number of anilines is 2. The minimum atomic E-state index is -0.652. The van der Waals surface area contributed by atoms with Gasteiger partial charge in [-0.05, 0) is 74.0 Å². The van der Waals surface area contributed by atoms with Crippen molar-refractivity contribution >= 4 is 29.2 Å². The molecule has 4 aliphatic rings. The maximum atomic E-state index is 13.8. The zero-order chi connectivity index (χ0) is 26.8. The summed E-state index contributed by atoms with van der Waals surface area (Å²) in [4.78, 5) is 48.6. The van der Waals surface area contributed by atoms with Crippen LogP contribution in [0.2, 0.25) is 0 Å². The number of aromatic nitrogens is 1. The molecule has 0 bridgehead atoms.